The van der Waals surface area contributed by atoms with Crippen LogP contribution in [-0.4, -0.2) is 47.6 Å². The van der Waals surface area contributed by atoms with Crippen LogP contribution in [0.3, 0.4) is 0 Å². The van der Waals surface area contributed by atoms with Crippen molar-refractivity contribution in [2.75, 3.05) is 12.0 Å². The average Bonchev–Trinajstić information content (AvgIpc) is 2.82. The normalized spacial score (nSPS) is 13.6. The molecule has 2 aromatic rings. The van der Waals surface area contributed by atoms with Gasteiger partial charge in [-0.15, -0.1) is 0 Å². The molecule has 0 saturated heterocycles. The van der Waals surface area contributed by atoms with Crippen LogP contribution in [0.4, 0.5) is 0 Å². The first-order valence-corrected chi connectivity index (χ1v) is 14.1. The minimum Gasteiger partial charge on any atom is -0.415 e. The maximum Gasteiger partial charge on any atom is 0.452 e. The molecule has 1 unspecified atom stereocenters. The molecule has 0 saturated carbocycles. The lowest BCUT2D eigenvalue weighted by atomic mass is 10.2. The van der Waals surface area contributed by atoms with E-state index in [0.29, 0.717) is 23.7 Å². The summed E-state index contributed by atoms with van der Waals surface area (Å²) in [6.07, 6.45) is 2.19. The zero-order valence-electron chi connectivity index (χ0n) is 20.2. The lowest BCUT2D eigenvalue weighted by Gasteiger charge is -2.29. The summed E-state index contributed by atoms with van der Waals surface area (Å²) < 4.78 is 25.9. The van der Waals surface area contributed by atoms with Gasteiger partial charge in [0.05, 0.1) is 0 Å². The highest BCUT2D eigenvalue weighted by molar-refractivity contribution is 7.98. The van der Waals surface area contributed by atoms with E-state index < -0.39 is 37.3 Å². The Kier molecular flexibility index (Phi) is 11.1. The third kappa shape index (κ3) is 9.30. The third-order valence-electron chi connectivity index (χ3n) is 4.80. The summed E-state index contributed by atoms with van der Waals surface area (Å²) in [6, 6.07) is 15.4. The first kappa shape index (κ1) is 28.3. The van der Waals surface area contributed by atoms with E-state index in [9.17, 15) is 18.9 Å². The largest absolute Gasteiger partial charge is 0.452 e. The molecule has 3 N–H and O–H groups in total. The fourth-order valence-electron chi connectivity index (χ4n) is 3.00. The molecule has 0 fully saturated rings. The number of benzene rings is 2. The van der Waals surface area contributed by atoms with Crippen molar-refractivity contribution in [3.8, 4) is 11.5 Å². The zero-order valence-corrected chi connectivity index (χ0v) is 21.9. The minimum absolute atomic E-state index is 0.298. The molecule has 0 aliphatic heterocycles. The van der Waals surface area contributed by atoms with Crippen LogP contribution in [0.5, 0.6) is 11.5 Å². The van der Waals surface area contributed by atoms with Crippen molar-refractivity contribution in [2.24, 2.45) is 0 Å². The van der Waals surface area contributed by atoms with Crippen LogP contribution < -0.4 is 25.0 Å². The minimum atomic E-state index is -3.98. The number of carbonyl (C=O) groups excluding carboxylic acids is 3. The molecule has 2 aromatic carbocycles. The van der Waals surface area contributed by atoms with Crippen molar-refractivity contribution in [3.63, 3.8) is 0 Å². The molecule has 0 radical (unpaired) electrons. The van der Waals surface area contributed by atoms with E-state index in [0.717, 1.165) is 0 Å². The average molecular weight is 522 g/mol. The molecule has 0 aliphatic rings. The summed E-state index contributed by atoms with van der Waals surface area (Å²) in [5.41, 5.74) is 0. The summed E-state index contributed by atoms with van der Waals surface area (Å²) in [4.78, 5) is 36.5. The lowest BCUT2D eigenvalue weighted by Crippen LogP contribution is -2.53. The lowest BCUT2D eigenvalue weighted by molar-refractivity contribution is -0.131. The second-order valence-corrected chi connectivity index (χ2v) is 10.9. The van der Waals surface area contributed by atoms with E-state index in [2.05, 4.69) is 16.0 Å². The summed E-state index contributed by atoms with van der Waals surface area (Å²) in [5, 5.41) is 7.77. The number of thioether (sulfide) groups is 1. The summed E-state index contributed by atoms with van der Waals surface area (Å²) in [5.74, 6) is -1.19. The molecule has 0 spiro atoms. The Hall–Kier alpha value is -2.97. The zero-order chi connectivity index (χ0) is 25.8. The summed E-state index contributed by atoms with van der Waals surface area (Å²) in [7, 11) is -3.98. The van der Waals surface area contributed by atoms with Crippen LogP contribution in [0.2, 0.25) is 0 Å². The molecule has 0 heterocycles. The molecule has 2 rings (SSSR count). The van der Waals surface area contributed by atoms with Gasteiger partial charge in [-0.2, -0.15) is 11.8 Å². The van der Waals surface area contributed by atoms with E-state index in [-0.39, 0.29) is 5.91 Å². The van der Waals surface area contributed by atoms with E-state index in [1.807, 2.05) is 6.26 Å². The van der Waals surface area contributed by atoms with Crippen molar-refractivity contribution in [1.29, 1.82) is 0 Å². The van der Waals surface area contributed by atoms with E-state index in [1.165, 1.54) is 32.5 Å². The Morgan fingerprint density at radius 1 is 0.829 bits per heavy atom. The number of rotatable bonds is 13. The van der Waals surface area contributed by atoms with E-state index in [1.54, 1.807) is 60.7 Å². The molecule has 0 bridgehead atoms. The molecule has 0 aromatic heterocycles. The molecular weight excluding hydrogens is 489 g/mol. The highest BCUT2D eigenvalue weighted by atomic mass is 32.2. The first-order chi connectivity index (χ1) is 16.6. The van der Waals surface area contributed by atoms with Gasteiger partial charge in [0.15, 0.2) is 5.78 Å². The predicted molar refractivity (Wildman–Crippen MR) is 138 cm³/mol. The van der Waals surface area contributed by atoms with Crippen LogP contribution in [0.15, 0.2) is 60.7 Å². The Labute approximate surface area is 210 Å². The van der Waals surface area contributed by atoms with Gasteiger partial charge < -0.3 is 25.0 Å². The maximum atomic E-state index is 14.2. The fraction of sp³-hybridized carbons (Fsp3) is 0.375. The van der Waals surface area contributed by atoms with Gasteiger partial charge in [-0.1, -0.05) is 36.4 Å². The van der Waals surface area contributed by atoms with Crippen LogP contribution in [0, 0.1) is 0 Å². The topological polar surface area (TPSA) is 123 Å². The number of amides is 3. The van der Waals surface area contributed by atoms with Gasteiger partial charge in [0.25, 0.3) is 0 Å². The van der Waals surface area contributed by atoms with Crippen molar-refractivity contribution >= 4 is 37.1 Å². The highest BCUT2D eigenvalue weighted by Crippen LogP contribution is 2.53. The fourth-order valence-corrected chi connectivity index (χ4v) is 5.50. The Bertz CT molecular complexity index is 979. The van der Waals surface area contributed by atoms with E-state index >= 15 is 0 Å². The predicted octanol–water partition coefficient (Wildman–Crippen LogP) is 3.56. The molecular formula is C24H32N3O6PS. The van der Waals surface area contributed by atoms with E-state index in [4.69, 9.17) is 9.05 Å². The van der Waals surface area contributed by atoms with Gasteiger partial charge in [0, 0.05) is 6.92 Å². The number of hydrogen-bond acceptors (Lipinski definition) is 7. The number of para-hydroxylation sites is 2. The Morgan fingerprint density at radius 3 is 1.74 bits per heavy atom. The molecule has 11 heteroatoms. The highest BCUT2D eigenvalue weighted by Gasteiger charge is 2.41. The SMILES string of the molecule is CSCCC(NC(=O)[C@H](C)NC(=O)[C@H](C)NC(C)=O)P(=O)(Oc1ccccc1)Oc1ccccc1. The maximum absolute atomic E-state index is 14.2. The van der Waals surface area contributed by atoms with Crippen LogP contribution in [0.25, 0.3) is 0 Å². The van der Waals surface area contributed by atoms with Gasteiger partial charge in [-0.25, -0.2) is 4.57 Å². The van der Waals surface area contributed by atoms with Crippen molar-refractivity contribution in [2.45, 2.75) is 45.1 Å². The summed E-state index contributed by atoms with van der Waals surface area (Å²) in [6.45, 7) is 4.31. The van der Waals surface area contributed by atoms with Gasteiger partial charge in [0.2, 0.25) is 17.7 Å². The molecule has 3 amide bonds. The molecule has 0 aliphatic carbocycles. The van der Waals surface area contributed by atoms with Crippen LogP contribution in [0.1, 0.15) is 27.2 Å². The standard InChI is InChI=1S/C24H32N3O6PS/c1-17(25-19(3)28)23(29)26-18(2)24(30)27-22(15-16-35-4)34(31,32-20-11-7-5-8-12-20)33-21-13-9-6-10-14-21/h5-14,17-18,22H,15-16H2,1-4H3,(H,25,28)(H,26,29)(H,27,30)/t17-,18-,22?/m0/s1. The van der Waals surface area contributed by atoms with Crippen molar-refractivity contribution < 1.29 is 28.0 Å². The quantitative estimate of drug-likeness (QED) is 0.345. The molecule has 9 nitrogen and oxygen atoms in total. The summed E-state index contributed by atoms with van der Waals surface area (Å²) >= 11 is 1.52. The van der Waals surface area contributed by atoms with Crippen LogP contribution >= 0.6 is 19.4 Å². The Balaban J connectivity index is 2.26. The second-order valence-electron chi connectivity index (χ2n) is 7.81. The van der Waals surface area contributed by atoms with Crippen LogP contribution in [-0.2, 0) is 18.9 Å². The molecule has 35 heavy (non-hydrogen) atoms. The van der Waals surface area contributed by atoms with Crippen molar-refractivity contribution in [1.82, 2.24) is 16.0 Å². The van der Waals surface area contributed by atoms with Gasteiger partial charge in [-0.3, -0.25) is 14.4 Å². The molecule has 190 valence electrons. The van der Waals surface area contributed by atoms with Gasteiger partial charge >= 0.3 is 7.60 Å². The smallest absolute Gasteiger partial charge is 0.415 e. The number of carbonyl (C=O) groups is 3. The van der Waals surface area contributed by atoms with Crippen molar-refractivity contribution in [3.05, 3.63) is 60.7 Å². The third-order valence-corrected chi connectivity index (χ3v) is 7.53. The Morgan fingerprint density at radius 2 is 1.29 bits per heavy atom. The number of nitrogens with one attached hydrogen (secondary N) is 3. The first-order valence-electron chi connectivity index (χ1n) is 11.1. The van der Waals surface area contributed by atoms with Gasteiger partial charge in [0.1, 0.15) is 23.6 Å². The molecule has 3 atom stereocenters. The van der Waals surface area contributed by atoms with Gasteiger partial charge in [-0.05, 0) is 56.5 Å². The number of hydrogen-bond donors (Lipinski definition) is 3. The second kappa shape index (κ2) is 13.8. The monoisotopic (exact) mass is 521 g/mol.